The van der Waals surface area contributed by atoms with Gasteiger partial charge in [0.1, 0.15) is 13.2 Å². The predicted molar refractivity (Wildman–Crippen MR) is 133 cm³/mol. The number of carboxylic acids is 1. The van der Waals surface area contributed by atoms with Crippen LogP contribution in [0, 0.1) is 5.92 Å². The number of nitrogens with zero attached hydrogens (tertiary/aromatic N) is 1. The maximum Gasteiger partial charge on any atom is 0.407 e. The molecule has 1 saturated carbocycles. The number of benzene rings is 2. The quantitative estimate of drug-likeness (QED) is 0.540. The van der Waals surface area contributed by atoms with Crippen molar-refractivity contribution in [2.75, 3.05) is 13.2 Å². The summed E-state index contributed by atoms with van der Waals surface area (Å²) in [6, 6.07) is 16.3. The van der Waals surface area contributed by atoms with Crippen LogP contribution in [0.2, 0.25) is 0 Å². The van der Waals surface area contributed by atoms with E-state index >= 15 is 0 Å². The van der Waals surface area contributed by atoms with Gasteiger partial charge in [-0.15, -0.1) is 0 Å². The van der Waals surface area contributed by atoms with Crippen LogP contribution >= 0.6 is 0 Å². The summed E-state index contributed by atoms with van der Waals surface area (Å²) in [7, 11) is 0. The van der Waals surface area contributed by atoms with Gasteiger partial charge >= 0.3 is 12.1 Å². The lowest BCUT2D eigenvalue weighted by Gasteiger charge is -2.28. The Morgan fingerprint density at radius 3 is 2.29 bits per heavy atom. The Hall–Kier alpha value is -3.35. The number of nitrogens with one attached hydrogen (secondary N) is 1. The Labute approximate surface area is 206 Å². The first kappa shape index (κ1) is 24.8. The molecule has 2 amide bonds. The first-order valence-corrected chi connectivity index (χ1v) is 12.5. The SMILES string of the molecule is CCC(C)N(CC(=O)O)C(=O)C[C@@H]1CC[C@H](NC(=O)OCC2c3ccccc3-c3ccccc32)C1. The van der Waals surface area contributed by atoms with Gasteiger partial charge in [0.25, 0.3) is 0 Å². The molecule has 1 fully saturated rings. The summed E-state index contributed by atoms with van der Waals surface area (Å²) in [5.41, 5.74) is 4.73. The Balaban J connectivity index is 1.28. The van der Waals surface area contributed by atoms with Crippen molar-refractivity contribution < 1.29 is 24.2 Å². The molecule has 0 saturated heterocycles. The highest BCUT2D eigenvalue weighted by Crippen LogP contribution is 2.44. The Morgan fingerprint density at radius 2 is 1.69 bits per heavy atom. The first-order chi connectivity index (χ1) is 16.9. The molecule has 2 N–H and O–H groups in total. The van der Waals surface area contributed by atoms with E-state index in [4.69, 9.17) is 9.84 Å². The molecule has 2 aromatic rings. The highest BCUT2D eigenvalue weighted by Gasteiger charge is 2.32. The standard InChI is InChI=1S/C28H34N2O5/c1-3-18(2)30(16-27(32)33)26(31)15-19-12-13-20(14-19)29-28(34)35-17-25-23-10-6-4-8-21(23)22-9-5-7-11-24(22)25/h4-11,18-20,25H,3,12-17H2,1-2H3,(H,29,34)(H,32,33)/t18?,19-,20+/m1/s1. The molecule has 0 aliphatic heterocycles. The van der Waals surface area contributed by atoms with Gasteiger partial charge in [-0.25, -0.2) is 4.79 Å². The lowest BCUT2D eigenvalue weighted by atomic mass is 9.98. The molecule has 0 spiro atoms. The number of carboxylic acid groups (broad SMARTS) is 1. The number of carbonyl (C=O) groups is 3. The molecule has 2 aliphatic carbocycles. The van der Waals surface area contributed by atoms with Crippen LogP contribution in [-0.4, -0.2) is 53.2 Å². The van der Waals surface area contributed by atoms with Gasteiger partial charge in [-0.2, -0.15) is 0 Å². The van der Waals surface area contributed by atoms with Gasteiger partial charge in [-0.05, 0) is 60.8 Å². The Morgan fingerprint density at radius 1 is 1.06 bits per heavy atom. The number of carbonyl (C=O) groups excluding carboxylic acids is 2. The van der Waals surface area contributed by atoms with E-state index in [0.29, 0.717) is 19.3 Å². The predicted octanol–water partition coefficient (Wildman–Crippen LogP) is 4.80. The molecule has 3 atom stereocenters. The first-order valence-electron chi connectivity index (χ1n) is 12.5. The van der Waals surface area contributed by atoms with E-state index in [1.165, 1.54) is 27.2 Å². The maximum absolute atomic E-state index is 12.8. The third-order valence-corrected chi connectivity index (χ3v) is 7.42. The van der Waals surface area contributed by atoms with Crippen molar-refractivity contribution in [2.45, 2.75) is 64.0 Å². The maximum atomic E-state index is 12.8. The van der Waals surface area contributed by atoms with Crippen molar-refractivity contribution in [2.24, 2.45) is 5.92 Å². The van der Waals surface area contributed by atoms with E-state index in [9.17, 15) is 14.4 Å². The Kier molecular flexibility index (Phi) is 7.73. The number of amides is 2. The lowest BCUT2D eigenvalue weighted by molar-refractivity contribution is -0.146. The summed E-state index contributed by atoms with van der Waals surface area (Å²) < 4.78 is 5.66. The summed E-state index contributed by atoms with van der Waals surface area (Å²) in [6.07, 6.45) is 2.87. The van der Waals surface area contributed by atoms with Gasteiger partial charge in [0, 0.05) is 24.4 Å². The third-order valence-electron chi connectivity index (χ3n) is 7.42. The highest BCUT2D eigenvalue weighted by molar-refractivity contribution is 5.82. The topological polar surface area (TPSA) is 95.9 Å². The number of rotatable bonds is 9. The van der Waals surface area contributed by atoms with E-state index in [-0.39, 0.29) is 43.0 Å². The number of hydrogen-bond acceptors (Lipinski definition) is 4. The van der Waals surface area contributed by atoms with Crippen molar-refractivity contribution in [3.63, 3.8) is 0 Å². The second-order valence-electron chi connectivity index (χ2n) is 9.72. The number of ether oxygens (including phenoxy) is 1. The minimum absolute atomic E-state index is 0.0165. The summed E-state index contributed by atoms with van der Waals surface area (Å²) in [6.45, 7) is 3.81. The monoisotopic (exact) mass is 478 g/mol. The van der Waals surface area contributed by atoms with Crippen molar-refractivity contribution >= 4 is 18.0 Å². The average Bonchev–Trinajstić information content (AvgIpc) is 3.42. The number of hydrogen-bond donors (Lipinski definition) is 2. The molecule has 1 unspecified atom stereocenters. The van der Waals surface area contributed by atoms with Crippen LogP contribution in [0.5, 0.6) is 0 Å². The number of fused-ring (bicyclic) bond motifs is 3. The molecule has 2 aromatic carbocycles. The summed E-state index contributed by atoms with van der Waals surface area (Å²) in [4.78, 5) is 38.0. The third kappa shape index (κ3) is 5.66. The number of alkyl carbamates (subject to hydrolysis) is 1. The normalized spacial score (nSPS) is 19.5. The average molecular weight is 479 g/mol. The van der Waals surface area contributed by atoms with E-state index in [0.717, 1.165) is 12.8 Å². The van der Waals surface area contributed by atoms with Crippen LogP contribution in [0.25, 0.3) is 11.1 Å². The number of aliphatic carboxylic acids is 1. The van der Waals surface area contributed by atoms with Gasteiger partial charge in [0.15, 0.2) is 0 Å². The molecular formula is C28H34N2O5. The molecule has 2 aliphatic rings. The van der Waals surface area contributed by atoms with E-state index in [1.807, 2.05) is 38.1 Å². The highest BCUT2D eigenvalue weighted by atomic mass is 16.5. The molecule has 0 heterocycles. The zero-order chi connectivity index (χ0) is 24.9. The van der Waals surface area contributed by atoms with Crippen molar-refractivity contribution in [3.8, 4) is 11.1 Å². The van der Waals surface area contributed by atoms with Crippen molar-refractivity contribution in [1.29, 1.82) is 0 Å². The minimum Gasteiger partial charge on any atom is -0.480 e. The fourth-order valence-corrected chi connectivity index (χ4v) is 5.42. The summed E-state index contributed by atoms with van der Waals surface area (Å²) in [5, 5.41) is 12.1. The van der Waals surface area contributed by atoms with Crippen molar-refractivity contribution in [3.05, 3.63) is 59.7 Å². The molecule has 0 bridgehead atoms. The van der Waals surface area contributed by atoms with Gasteiger partial charge < -0.3 is 20.1 Å². The smallest absolute Gasteiger partial charge is 0.407 e. The van der Waals surface area contributed by atoms with Crippen LogP contribution in [0.4, 0.5) is 4.79 Å². The molecule has 0 radical (unpaired) electrons. The molecule has 0 aromatic heterocycles. The zero-order valence-electron chi connectivity index (χ0n) is 20.4. The van der Waals surface area contributed by atoms with Gasteiger partial charge in [-0.3, -0.25) is 9.59 Å². The molecule has 7 heteroatoms. The van der Waals surface area contributed by atoms with Gasteiger partial charge in [0.05, 0.1) is 0 Å². The van der Waals surface area contributed by atoms with Crippen LogP contribution in [0.15, 0.2) is 48.5 Å². The van der Waals surface area contributed by atoms with Crippen LogP contribution < -0.4 is 5.32 Å². The van der Waals surface area contributed by atoms with Crippen LogP contribution in [0.3, 0.4) is 0 Å². The fourth-order valence-electron chi connectivity index (χ4n) is 5.42. The molecule has 4 rings (SSSR count). The minimum atomic E-state index is -1.00. The fraction of sp³-hybridized carbons (Fsp3) is 0.464. The van der Waals surface area contributed by atoms with Gasteiger partial charge in [0.2, 0.25) is 5.91 Å². The van der Waals surface area contributed by atoms with E-state index < -0.39 is 12.1 Å². The second-order valence-corrected chi connectivity index (χ2v) is 9.72. The van der Waals surface area contributed by atoms with Crippen molar-refractivity contribution in [1.82, 2.24) is 10.2 Å². The zero-order valence-corrected chi connectivity index (χ0v) is 20.4. The molecule has 7 nitrogen and oxygen atoms in total. The van der Waals surface area contributed by atoms with Crippen LogP contribution in [0.1, 0.15) is 63.0 Å². The molecule has 186 valence electrons. The summed E-state index contributed by atoms with van der Waals surface area (Å²) >= 11 is 0. The Bertz CT molecular complexity index is 1040. The lowest BCUT2D eigenvalue weighted by Crippen LogP contribution is -2.42. The molecular weight excluding hydrogens is 444 g/mol. The van der Waals surface area contributed by atoms with E-state index in [1.54, 1.807) is 0 Å². The summed E-state index contributed by atoms with van der Waals surface area (Å²) in [5.74, 6) is -0.988. The van der Waals surface area contributed by atoms with Gasteiger partial charge in [-0.1, -0.05) is 55.5 Å². The van der Waals surface area contributed by atoms with Crippen LogP contribution in [-0.2, 0) is 14.3 Å². The van der Waals surface area contributed by atoms with E-state index in [2.05, 4.69) is 29.6 Å². The molecule has 35 heavy (non-hydrogen) atoms. The largest absolute Gasteiger partial charge is 0.480 e. The second kappa shape index (κ2) is 10.9.